The fourth-order valence-electron chi connectivity index (χ4n) is 3.18. The third-order valence-corrected chi connectivity index (χ3v) is 7.81. The molecule has 34 heavy (non-hydrogen) atoms. The summed E-state index contributed by atoms with van der Waals surface area (Å²) in [6, 6.07) is 19.7. The Labute approximate surface area is 209 Å². The molecule has 0 aromatic heterocycles. The van der Waals surface area contributed by atoms with E-state index in [4.69, 9.17) is 8.92 Å². The molecule has 3 aromatic carbocycles. The Balaban J connectivity index is 1.56. The van der Waals surface area contributed by atoms with Gasteiger partial charge in [0.1, 0.15) is 4.90 Å². The lowest BCUT2D eigenvalue weighted by atomic mass is 10.1. The van der Waals surface area contributed by atoms with E-state index in [1.807, 2.05) is 24.3 Å². The minimum absolute atomic E-state index is 0.00513. The number of hydrogen-bond acceptors (Lipinski definition) is 7. The van der Waals surface area contributed by atoms with Crippen molar-refractivity contribution in [3.8, 4) is 11.5 Å². The number of carbonyl (C=O) groups excluding carboxylic acids is 2. The van der Waals surface area contributed by atoms with Crippen LogP contribution in [-0.4, -0.2) is 31.6 Å². The van der Waals surface area contributed by atoms with Crippen LogP contribution >= 0.6 is 27.7 Å². The summed E-state index contributed by atoms with van der Waals surface area (Å²) < 4.78 is 36.4. The average molecular weight is 560 g/mol. The zero-order chi connectivity index (χ0) is 24.3. The maximum atomic E-state index is 12.9. The minimum Gasteiger partial charge on any atom is -0.493 e. The second-order valence-electron chi connectivity index (χ2n) is 7.12. The van der Waals surface area contributed by atoms with Crippen molar-refractivity contribution in [2.75, 3.05) is 7.11 Å². The molecule has 7 nitrogen and oxygen atoms in total. The summed E-state index contributed by atoms with van der Waals surface area (Å²) >= 11 is 4.27. The Bertz CT molecular complexity index is 1390. The Kier molecular flexibility index (Phi) is 7.11. The van der Waals surface area contributed by atoms with Gasteiger partial charge in [-0.25, -0.2) is 0 Å². The van der Waals surface area contributed by atoms with Crippen molar-refractivity contribution < 1.29 is 26.9 Å². The van der Waals surface area contributed by atoms with E-state index in [1.54, 1.807) is 30.3 Å². The summed E-state index contributed by atoms with van der Waals surface area (Å²) in [5.41, 5.74) is 1.36. The molecule has 0 N–H and O–H groups in total. The SMILES string of the molecule is COc1cc(/C=C2\SC(=O)N(Cc3ccccc3Br)C2=O)ccc1OS(=O)(=O)c1ccccc1. The van der Waals surface area contributed by atoms with E-state index >= 15 is 0 Å². The second kappa shape index (κ2) is 10.0. The predicted octanol–water partition coefficient (Wildman–Crippen LogP) is 5.46. The maximum absolute atomic E-state index is 12.9. The molecule has 1 saturated heterocycles. The number of methoxy groups -OCH3 is 1. The van der Waals surface area contributed by atoms with Gasteiger partial charge in [-0.15, -0.1) is 0 Å². The van der Waals surface area contributed by atoms with Crippen LogP contribution in [-0.2, 0) is 21.5 Å². The highest BCUT2D eigenvalue weighted by Crippen LogP contribution is 2.36. The molecule has 0 saturated carbocycles. The lowest BCUT2D eigenvalue weighted by Crippen LogP contribution is -2.27. The predicted molar refractivity (Wildman–Crippen MR) is 133 cm³/mol. The lowest BCUT2D eigenvalue weighted by molar-refractivity contribution is -0.123. The van der Waals surface area contributed by atoms with Gasteiger partial charge in [-0.3, -0.25) is 14.5 Å². The van der Waals surface area contributed by atoms with Gasteiger partial charge in [0.25, 0.3) is 11.1 Å². The molecule has 0 atom stereocenters. The zero-order valence-electron chi connectivity index (χ0n) is 17.8. The maximum Gasteiger partial charge on any atom is 0.339 e. The van der Waals surface area contributed by atoms with Crippen molar-refractivity contribution in [1.82, 2.24) is 4.90 Å². The smallest absolute Gasteiger partial charge is 0.339 e. The fraction of sp³-hybridized carbons (Fsp3) is 0.0833. The van der Waals surface area contributed by atoms with Crippen molar-refractivity contribution in [3.63, 3.8) is 0 Å². The standard InChI is InChI=1S/C24H18BrNO6S2/c1-31-21-13-16(11-12-20(21)32-34(29,30)18-8-3-2-4-9-18)14-22-23(27)26(24(28)33-22)15-17-7-5-6-10-19(17)25/h2-14H,15H2,1H3/b22-14-. The van der Waals surface area contributed by atoms with Gasteiger partial charge in [0, 0.05) is 4.47 Å². The van der Waals surface area contributed by atoms with Crippen molar-refractivity contribution in [3.05, 3.63) is 93.3 Å². The third-order valence-electron chi connectivity index (χ3n) is 4.88. The number of amides is 2. The number of ether oxygens (including phenoxy) is 1. The quantitative estimate of drug-likeness (QED) is 0.280. The molecule has 4 rings (SSSR count). The largest absolute Gasteiger partial charge is 0.493 e. The van der Waals surface area contributed by atoms with Gasteiger partial charge in [0.15, 0.2) is 11.5 Å². The first-order valence-corrected chi connectivity index (χ1v) is 13.0. The van der Waals surface area contributed by atoms with Gasteiger partial charge in [-0.1, -0.05) is 58.4 Å². The van der Waals surface area contributed by atoms with Crippen LogP contribution < -0.4 is 8.92 Å². The van der Waals surface area contributed by atoms with Crippen LogP contribution in [0, 0.1) is 0 Å². The van der Waals surface area contributed by atoms with E-state index in [-0.39, 0.29) is 33.1 Å². The number of hydrogen-bond donors (Lipinski definition) is 0. The van der Waals surface area contributed by atoms with E-state index < -0.39 is 16.0 Å². The van der Waals surface area contributed by atoms with Crippen LogP contribution in [0.5, 0.6) is 11.5 Å². The number of rotatable bonds is 7. The van der Waals surface area contributed by atoms with Crippen LogP contribution in [0.1, 0.15) is 11.1 Å². The molecule has 2 amide bonds. The van der Waals surface area contributed by atoms with E-state index in [0.29, 0.717) is 5.56 Å². The molecule has 0 unspecified atom stereocenters. The Hall–Kier alpha value is -3.08. The van der Waals surface area contributed by atoms with Crippen molar-refractivity contribution in [2.24, 2.45) is 0 Å². The number of halogens is 1. The second-order valence-corrected chi connectivity index (χ2v) is 10.5. The molecule has 0 aliphatic carbocycles. The summed E-state index contributed by atoms with van der Waals surface area (Å²) in [5, 5.41) is -0.368. The summed E-state index contributed by atoms with van der Waals surface area (Å²) in [6.07, 6.45) is 1.56. The van der Waals surface area contributed by atoms with Gasteiger partial charge >= 0.3 is 10.1 Å². The Morgan fingerprint density at radius 1 is 0.971 bits per heavy atom. The molecule has 1 fully saturated rings. The molecule has 174 valence electrons. The van der Waals surface area contributed by atoms with Crippen molar-refractivity contribution >= 4 is 55.0 Å². The van der Waals surface area contributed by atoms with Crippen molar-refractivity contribution in [1.29, 1.82) is 0 Å². The van der Waals surface area contributed by atoms with Crippen LogP contribution in [0.3, 0.4) is 0 Å². The van der Waals surface area contributed by atoms with Gasteiger partial charge < -0.3 is 8.92 Å². The summed E-state index contributed by atoms with van der Waals surface area (Å²) in [5.74, 6) is -0.233. The van der Waals surface area contributed by atoms with Crippen LogP contribution in [0.2, 0.25) is 0 Å². The van der Waals surface area contributed by atoms with Crippen LogP contribution in [0.15, 0.2) is 87.1 Å². The first-order chi connectivity index (χ1) is 16.3. The fourth-order valence-corrected chi connectivity index (χ4v) is 5.39. The number of thioether (sulfide) groups is 1. The number of imide groups is 1. The Morgan fingerprint density at radius 2 is 1.68 bits per heavy atom. The van der Waals surface area contributed by atoms with Gasteiger partial charge in [-0.2, -0.15) is 8.42 Å². The van der Waals surface area contributed by atoms with Crippen LogP contribution in [0.25, 0.3) is 6.08 Å². The number of nitrogens with zero attached hydrogens (tertiary/aromatic N) is 1. The molecule has 3 aromatic rings. The average Bonchev–Trinajstić information content (AvgIpc) is 3.09. The topological polar surface area (TPSA) is 90.0 Å². The first-order valence-electron chi connectivity index (χ1n) is 9.95. The molecule has 1 aliphatic rings. The first kappa shape index (κ1) is 24.1. The highest BCUT2D eigenvalue weighted by Gasteiger charge is 2.35. The molecule has 0 radical (unpaired) electrons. The summed E-state index contributed by atoms with van der Waals surface area (Å²) in [4.78, 5) is 26.8. The molecule has 1 aliphatic heterocycles. The third kappa shape index (κ3) is 5.19. The molecule has 0 spiro atoms. The van der Waals surface area contributed by atoms with Gasteiger partial charge in [0.2, 0.25) is 0 Å². The highest BCUT2D eigenvalue weighted by atomic mass is 79.9. The van der Waals surface area contributed by atoms with Gasteiger partial charge in [-0.05, 0) is 59.3 Å². The molecule has 10 heteroatoms. The Morgan fingerprint density at radius 3 is 2.38 bits per heavy atom. The normalized spacial score (nSPS) is 15.1. The monoisotopic (exact) mass is 559 g/mol. The number of benzene rings is 3. The molecule has 1 heterocycles. The highest BCUT2D eigenvalue weighted by molar-refractivity contribution is 9.10. The molecule has 0 bridgehead atoms. The van der Waals surface area contributed by atoms with Gasteiger partial charge in [0.05, 0.1) is 18.6 Å². The summed E-state index contributed by atoms with van der Waals surface area (Å²) in [6.45, 7) is 0.150. The zero-order valence-corrected chi connectivity index (χ0v) is 21.0. The van der Waals surface area contributed by atoms with E-state index in [9.17, 15) is 18.0 Å². The van der Waals surface area contributed by atoms with E-state index in [1.165, 1.54) is 36.3 Å². The number of carbonyl (C=O) groups is 2. The van der Waals surface area contributed by atoms with Crippen molar-refractivity contribution in [2.45, 2.75) is 11.4 Å². The molecular weight excluding hydrogens is 542 g/mol. The lowest BCUT2D eigenvalue weighted by Gasteiger charge is -2.13. The van der Waals surface area contributed by atoms with Crippen LogP contribution in [0.4, 0.5) is 4.79 Å². The molecular formula is C24H18BrNO6S2. The van der Waals surface area contributed by atoms with E-state index in [0.717, 1.165) is 21.8 Å². The minimum atomic E-state index is -4.05. The summed E-state index contributed by atoms with van der Waals surface area (Å²) in [7, 11) is -2.66. The van der Waals surface area contributed by atoms with E-state index in [2.05, 4.69) is 15.9 Å².